The van der Waals surface area contributed by atoms with Gasteiger partial charge in [-0.15, -0.1) is 0 Å². The van der Waals surface area contributed by atoms with Crippen LogP contribution in [0, 0.1) is 23.2 Å². The average molecular weight is 280 g/mol. The molecule has 108 valence electrons. The number of likely N-dealkylation sites (tertiary alicyclic amines) is 1. The molecule has 4 rings (SSSR count). The fourth-order valence-corrected chi connectivity index (χ4v) is 4.53. The van der Waals surface area contributed by atoms with E-state index >= 15 is 0 Å². The Labute approximate surface area is 125 Å². The molecule has 3 nitrogen and oxygen atoms in total. The fourth-order valence-electron chi connectivity index (χ4n) is 4.53. The number of nitrogens with one attached hydrogen (secondary N) is 1. The van der Waals surface area contributed by atoms with Crippen molar-refractivity contribution in [2.45, 2.75) is 25.3 Å². The zero-order valence-corrected chi connectivity index (χ0v) is 12.0. The molecule has 3 aliphatic rings. The van der Waals surface area contributed by atoms with Gasteiger partial charge in [0.2, 0.25) is 0 Å². The van der Waals surface area contributed by atoms with Crippen molar-refractivity contribution in [3.8, 4) is 0 Å². The molecule has 0 aromatic heterocycles. The van der Waals surface area contributed by atoms with Crippen LogP contribution in [0.4, 0.5) is 0 Å². The standard InChI is InChI=1S/C18H20N2O/c19-15-9-13-7-4-8-16-17(13)14(10-15)11-20(16)18(21)12-5-2-1-3-6-12/h1-6,8,13-14,16-17,19H,7,9-11H2. The number of nitrogens with zero attached hydrogens (tertiary/aromatic N) is 1. The van der Waals surface area contributed by atoms with Crippen LogP contribution in [0.15, 0.2) is 42.5 Å². The Hall–Kier alpha value is -1.90. The second-order valence-electron chi connectivity index (χ2n) is 6.59. The van der Waals surface area contributed by atoms with Crippen LogP contribution in [0.5, 0.6) is 0 Å². The summed E-state index contributed by atoms with van der Waals surface area (Å²) in [5, 5.41) is 8.07. The summed E-state index contributed by atoms with van der Waals surface area (Å²) in [6.07, 6.45) is 7.34. The van der Waals surface area contributed by atoms with Crippen LogP contribution >= 0.6 is 0 Å². The van der Waals surface area contributed by atoms with Gasteiger partial charge in [-0.1, -0.05) is 30.4 Å². The zero-order chi connectivity index (χ0) is 14.4. The molecule has 0 bridgehead atoms. The van der Waals surface area contributed by atoms with Crippen molar-refractivity contribution >= 4 is 11.6 Å². The van der Waals surface area contributed by atoms with Crippen LogP contribution in [-0.2, 0) is 0 Å². The van der Waals surface area contributed by atoms with Crippen LogP contribution < -0.4 is 0 Å². The van der Waals surface area contributed by atoms with Gasteiger partial charge >= 0.3 is 0 Å². The van der Waals surface area contributed by atoms with E-state index in [1.165, 1.54) is 0 Å². The van der Waals surface area contributed by atoms with E-state index in [9.17, 15) is 4.79 Å². The molecule has 2 aliphatic carbocycles. The predicted octanol–water partition coefficient (Wildman–Crippen LogP) is 3.13. The number of benzene rings is 1. The molecule has 4 atom stereocenters. The molecule has 1 aromatic rings. The first-order valence-corrected chi connectivity index (χ1v) is 7.83. The SMILES string of the molecule is N=C1CC2CC=CC3C2C(C1)CN3C(=O)c1ccccc1. The lowest BCUT2D eigenvalue weighted by Crippen LogP contribution is -2.41. The Morgan fingerprint density at radius 3 is 2.71 bits per heavy atom. The van der Waals surface area contributed by atoms with Crippen LogP contribution in [0.2, 0.25) is 0 Å². The van der Waals surface area contributed by atoms with E-state index in [1.54, 1.807) is 0 Å². The largest absolute Gasteiger partial charge is 0.332 e. The highest BCUT2D eigenvalue weighted by atomic mass is 16.2. The molecule has 1 aliphatic heterocycles. The Kier molecular flexibility index (Phi) is 2.95. The van der Waals surface area contributed by atoms with E-state index < -0.39 is 0 Å². The van der Waals surface area contributed by atoms with Gasteiger partial charge in [0.25, 0.3) is 5.91 Å². The van der Waals surface area contributed by atoms with E-state index in [-0.39, 0.29) is 11.9 Å². The third-order valence-corrected chi connectivity index (χ3v) is 5.34. The molecule has 4 unspecified atom stereocenters. The van der Waals surface area contributed by atoms with Gasteiger partial charge < -0.3 is 10.3 Å². The van der Waals surface area contributed by atoms with E-state index in [0.717, 1.165) is 37.1 Å². The lowest BCUT2D eigenvalue weighted by molar-refractivity contribution is 0.0736. The van der Waals surface area contributed by atoms with Gasteiger partial charge in [0.05, 0.1) is 6.04 Å². The zero-order valence-electron chi connectivity index (χ0n) is 12.0. The van der Waals surface area contributed by atoms with E-state index in [2.05, 4.69) is 12.2 Å². The molecular formula is C18H20N2O. The fraction of sp³-hybridized carbons (Fsp3) is 0.444. The van der Waals surface area contributed by atoms with E-state index in [0.29, 0.717) is 17.8 Å². The Bertz CT molecular complexity index is 607. The highest BCUT2D eigenvalue weighted by molar-refractivity contribution is 5.95. The van der Waals surface area contributed by atoms with Crippen LogP contribution in [0.25, 0.3) is 0 Å². The van der Waals surface area contributed by atoms with Gasteiger partial charge in [-0.05, 0) is 49.1 Å². The van der Waals surface area contributed by atoms with Crippen molar-refractivity contribution in [2.24, 2.45) is 17.8 Å². The molecule has 1 aromatic carbocycles. The Balaban J connectivity index is 1.66. The molecule has 1 saturated heterocycles. The van der Waals surface area contributed by atoms with Crippen molar-refractivity contribution < 1.29 is 4.79 Å². The number of amides is 1. The second-order valence-corrected chi connectivity index (χ2v) is 6.59. The van der Waals surface area contributed by atoms with Crippen molar-refractivity contribution in [3.05, 3.63) is 48.0 Å². The third-order valence-electron chi connectivity index (χ3n) is 5.34. The van der Waals surface area contributed by atoms with Gasteiger partial charge in [0.1, 0.15) is 0 Å². The summed E-state index contributed by atoms with van der Waals surface area (Å²) >= 11 is 0. The van der Waals surface area contributed by atoms with Crippen LogP contribution in [-0.4, -0.2) is 29.1 Å². The number of allylic oxidation sites excluding steroid dienone is 1. The molecule has 1 heterocycles. The summed E-state index contributed by atoms with van der Waals surface area (Å²) in [7, 11) is 0. The first-order chi connectivity index (χ1) is 10.2. The minimum absolute atomic E-state index is 0.145. The maximum absolute atomic E-state index is 12.8. The summed E-state index contributed by atoms with van der Waals surface area (Å²) in [4.78, 5) is 14.9. The summed E-state index contributed by atoms with van der Waals surface area (Å²) in [6, 6.07) is 9.83. The predicted molar refractivity (Wildman–Crippen MR) is 82.5 cm³/mol. The number of carbonyl (C=O) groups is 1. The van der Waals surface area contributed by atoms with Gasteiger partial charge in [0, 0.05) is 17.8 Å². The van der Waals surface area contributed by atoms with Crippen LogP contribution in [0.1, 0.15) is 29.6 Å². The molecule has 0 spiro atoms. The van der Waals surface area contributed by atoms with Crippen molar-refractivity contribution in [2.75, 3.05) is 6.54 Å². The van der Waals surface area contributed by atoms with E-state index in [4.69, 9.17) is 5.41 Å². The Morgan fingerprint density at radius 2 is 1.90 bits per heavy atom. The molecule has 3 heteroatoms. The quantitative estimate of drug-likeness (QED) is 0.789. The number of carbonyl (C=O) groups excluding carboxylic acids is 1. The van der Waals surface area contributed by atoms with Crippen molar-refractivity contribution in [3.63, 3.8) is 0 Å². The van der Waals surface area contributed by atoms with Gasteiger partial charge in [-0.2, -0.15) is 0 Å². The highest BCUT2D eigenvalue weighted by Gasteiger charge is 2.49. The third kappa shape index (κ3) is 2.03. The van der Waals surface area contributed by atoms with Crippen LogP contribution in [0.3, 0.4) is 0 Å². The molecule has 0 radical (unpaired) electrons. The number of rotatable bonds is 1. The van der Waals surface area contributed by atoms with Crippen molar-refractivity contribution in [1.82, 2.24) is 4.90 Å². The van der Waals surface area contributed by atoms with Crippen molar-refractivity contribution in [1.29, 1.82) is 5.41 Å². The van der Waals surface area contributed by atoms with Gasteiger partial charge in [0.15, 0.2) is 0 Å². The smallest absolute Gasteiger partial charge is 0.254 e. The summed E-state index contributed by atoms with van der Waals surface area (Å²) in [6.45, 7) is 0.812. The molecule has 2 fully saturated rings. The first kappa shape index (κ1) is 12.8. The lowest BCUT2D eigenvalue weighted by atomic mass is 9.67. The molecular weight excluding hydrogens is 260 g/mol. The summed E-state index contributed by atoms with van der Waals surface area (Å²) < 4.78 is 0. The molecule has 1 N–H and O–H groups in total. The van der Waals surface area contributed by atoms with Gasteiger partial charge in [-0.3, -0.25) is 4.79 Å². The molecule has 21 heavy (non-hydrogen) atoms. The topological polar surface area (TPSA) is 44.2 Å². The first-order valence-electron chi connectivity index (χ1n) is 7.83. The number of hydrogen-bond acceptors (Lipinski definition) is 2. The second kappa shape index (κ2) is 4.83. The minimum atomic E-state index is 0.145. The number of hydrogen-bond donors (Lipinski definition) is 1. The monoisotopic (exact) mass is 280 g/mol. The maximum atomic E-state index is 12.8. The normalized spacial score (nSPS) is 33.9. The highest BCUT2D eigenvalue weighted by Crippen LogP contribution is 2.47. The Morgan fingerprint density at radius 1 is 1.14 bits per heavy atom. The lowest BCUT2D eigenvalue weighted by Gasteiger charge is -2.38. The average Bonchev–Trinajstić information content (AvgIpc) is 2.87. The summed E-state index contributed by atoms with van der Waals surface area (Å²) in [5.74, 6) is 1.77. The maximum Gasteiger partial charge on any atom is 0.254 e. The van der Waals surface area contributed by atoms with E-state index in [1.807, 2.05) is 35.2 Å². The summed E-state index contributed by atoms with van der Waals surface area (Å²) in [5.41, 5.74) is 1.66. The van der Waals surface area contributed by atoms with Gasteiger partial charge in [-0.25, -0.2) is 0 Å². The minimum Gasteiger partial charge on any atom is -0.332 e. The molecule has 1 amide bonds. The molecule has 1 saturated carbocycles.